The van der Waals surface area contributed by atoms with Gasteiger partial charge in [0.2, 0.25) is 0 Å². The van der Waals surface area contributed by atoms with Crippen LogP contribution in [0.2, 0.25) is 0 Å². The third kappa shape index (κ3) is 5.95. The molecule has 0 aliphatic heterocycles. The van der Waals surface area contributed by atoms with Crippen molar-refractivity contribution < 1.29 is 32.6 Å². The number of carboxylic acids is 1. The fraction of sp³-hybridized carbons (Fsp3) is 0.304. The summed E-state index contributed by atoms with van der Waals surface area (Å²) >= 11 is 1.40. The molecule has 0 saturated heterocycles. The van der Waals surface area contributed by atoms with Gasteiger partial charge in [-0.05, 0) is 43.2 Å². The van der Waals surface area contributed by atoms with Gasteiger partial charge in [0, 0.05) is 23.6 Å². The van der Waals surface area contributed by atoms with Crippen LogP contribution in [0, 0.1) is 0 Å². The predicted molar refractivity (Wildman–Crippen MR) is 123 cm³/mol. The Kier molecular flexibility index (Phi) is 7.03. The molecule has 2 aromatic heterocycles. The topological polar surface area (TPSA) is 113 Å². The molecule has 1 aliphatic carbocycles. The minimum atomic E-state index is -4.51. The number of anilines is 2. The Balaban J connectivity index is 1.41. The Bertz CT molecular complexity index is 1210. The molecule has 0 bridgehead atoms. The number of aromatic nitrogens is 2. The summed E-state index contributed by atoms with van der Waals surface area (Å²) in [4.78, 5) is 32.7. The first-order valence-electron chi connectivity index (χ1n) is 10.7. The highest BCUT2D eigenvalue weighted by molar-refractivity contribution is 7.15. The van der Waals surface area contributed by atoms with Gasteiger partial charge in [0.25, 0.3) is 0 Å². The molecule has 35 heavy (non-hydrogen) atoms. The molecule has 1 aliphatic rings. The van der Waals surface area contributed by atoms with E-state index < -0.39 is 29.3 Å². The second-order valence-electron chi connectivity index (χ2n) is 8.00. The second kappa shape index (κ2) is 10.0. The number of nitrogens with zero attached hydrogens (tertiary/aromatic N) is 2. The van der Waals surface area contributed by atoms with Gasteiger partial charge < -0.3 is 15.2 Å². The van der Waals surface area contributed by atoms with Crippen molar-refractivity contribution in [2.45, 2.75) is 37.5 Å². The zero-order valence-corrected chi connectivity index (χ0v) is 19.1. The van der Waals surface area contributed by atoms with E-state index in [-0.39, 0.29) is 18.1 Å². The molecule has 0 radical (unpaired) electrons. The number of benzene rings is 1. The molecule has 12 heteroatoms. The van der Waals surface area contributed by atoms with Gasteiger partial charge in [0.05, 0.1) is 10.4 Å². The lowest BCUT2D eigenvalue weighted by Crippen LogP contribution is -2.28. The van der Waals surface area contributed by atoms with Gasteiger partial charge >= 0.3 is 18.2 Å². The van der Waals surface area contributed by atoms with Crippen LogP contribution in [-0.2, 0) is 21.3 Å². The summed E-state index contributed by atoms with van der Waals surface area (Å²) in [6.07, 6.45) is 1.97. The Morgan fingerprint density at radius 1 is 1.09 bits per heavy atom. The number of hydrogen-bond acceptors (Lipinski definition) is 6. The zero-order chi connectivity index (χ0) is 25.1. The van der Waals surface area contributed by atoms with E-state index in [0.29, 0.717) is 17.8 Å². The Morgan fingerprint density at radius 3 is 2.51 bits per heavy atom. The molecule has 184 valence electrons. The minimum absolute atomic E-state index is 0.00269. The summed E-state index contributed by atoms with van der Waals surface area (Å²) in [6, 6.07) is 6.87. The molecule has 3 aromatic rings. The molecule has 1 fully saturated rings. The molecule has 2 heterocycles. The standard InChI is InChI=1S/C23H21F3N4O4S/c24-23(25,26)15-4-3-5-16(10-15)29-21(33)30-18-7-6-14(11-27-18)17-12-28-20(35-17)22(8-1-2-9-22)34-13-19(31)32/h3-7,10-12H,1-2,8-9,13H2,(H,31,32)(H2,27,29,30,33). The average Bonchev–Trinajstić information content (AvgIpc) is 3.49. The van der Waals surface area contributed by atoms with Gasteiger partial charge in [-0.3, -0.25) is 5.32 Å². The molecule has 2 amide bonds. The highest BCUT2D eigenvalue weighted by Gasteiger charge is 2.40. The van der Waals surface area contributed by atoms with Crippen molar-refractivity contribution in [2.75, 3.05) is 17.2 Å². The number of rotatable bonds is 7. The second-order valence-corrected chi connectivity index (χ2v) is 9.03. The van der Waals surface area contributed by atoms with E-state index in [1.165, 1.54) is 29.7 Å². The van der Waals surface area contributed by atoms with Crippen molar-refractivity contribution >= 4 is 34.8 Å². The Labute approximate surface area is 202 Å². The van der Waals surface area contributed by atoms with Crippen LogP contribution in [0.1, 0.15) is 36.3 Å². The molecule has 4 rings (SSSR count). The molecule has 1 saturated carbocycles. The van der Waals surface area contributed by atoms with E-state index in [9.17, 15) is 22.8 Å². The van der Waals surface area contributed by atoms with Crippen LogP contribution >= 0.6 is 11.3 Å². The van der Waals surface area contributed by atoms with Gasteiger partial charge in [-0.2, -0.15) is 13.2 Å². The third-order valence-corrected chi connectivity index (χ3v) is 6.75. The number of alkyl halides is 3. The number of aliphatic carboxylic acids is 1. The van der Waals surface area contributed by atoms with E-state index in [4.69, 9.17) is 9.84 Å². The summed E-state index contributed by atoms with van der Waals surface area (Å²) in [6.45, 7) is -0.389. The number of thiazole rings is 1. The lowest BCUT2D eigenvalue weighted by molar-refractivity contribution is -0.150. The van der Waals surface area contributed by atoms with Gasteiger partial charge in [0.15, 0.2) is 0 Å². The smallest absolute Gasteiger partial charge is 0.416 e. The summed E-state index contributed by atoms with van der Waals surface area (Å²) in [7, 11) is 0. The van der Waals surface area contributed by atoms with Gasteiger partial charge in [-0.15, -0.1) is 11.3 Å². The number of halogens is 3. The monoisotopic (exact) mass is 506 g/mol. The number of hydrogen-bond donors (Lipinski definition) is 3. The fourth-order valence-corrected chi connectivity index (χ4v) is 4.96. The Morgan fingerprint density at radius 2 is 1.86 bits per heavy atom. The summed E-state index contributed by atoms with van der Waals surface area (Å²) in [5.74, 6) is -0.822. The molecular weight excluding hydrogens is 485 g/mol. The highest BCUT2D eigenvalue weighted by Crippen LogP contribution is 2.45. The first kappa shape index (κ1) is 24.6. The maximum Gasteiger partial charge on any atom is 0.416 e. The van der Waals surface area contributed by atoms with Crippen molar-refractivity contribution in [3.63, 3.8) is 0 Å². The van der Waals surface area contributed by atoms with Crippen LogP contribution in [0.3, 0.4) is 0 Å². The average molecular weight is 507 g/mol. The fourth-order valence-electron chi connectivity index (χ4n) is 3.85. The number of amides is 2. The quantitative estimate of drug-likeness (QED) is 0.377. The van der Waals surface area contributed by atoms with Gasteiger partial charge in [-0.25, -0.2) is 19.6 Å². The lowest BCUT2D eigenvalue weighted by Gasteiger charge is -2.26. The van der Waals surface area contributed by atoms with Crippen molar-refractivity contribution in [3.05, 3.63) is 59.4 Å². The lowest BCUT2D eigenvalue weighted by atomic mass is 10.0. The predicted octanol–water partition coefficient (Wildman–Crippen LogP) is 5.74. The molecular formula is C23H21F3N4O4S. The van der Waals surface area contributed by atoms with Gasteiger partial charge in [0.1, 0.15) is 23.0 Å². The highest BCUT2D eigenvalue weighted by atomic mass is 32.1. The van der Waals surface area contributed by atoms with Crippen molar-refractivity contribution in [2.24, 2.45) is 0 Å². The first-order valence-corrected chi connectivity index (χ1v) is 11.5. The molecule has 8 nitrogen and oxygen atoms in total. The van der Waals surface area contributed by atoms with E-state index >= 15 is 0 Å². The van der Waals surface area contributed by atoms with Crippen LogP contribution in [0.25, 0.3) is 10.4 Å². The van der Waals surface area contributed by atoms with E-state index in [0.717, 1.165) is 35.4 Å². The summed E-state index contributed by atoms with van der Waals surface area (Å²) in [5.41, 5.74) is -0.826. The molecule has 0 spiro atoms. The normalized spacial score (nSPS) is 15.1. The van der Waals surface area contributed by atoms with Crippen molar-refractivity contribution in [1.82, 2.24) is 9.97 Å². The number of carboxylic acid groups (broad SMARTS) is 1. The zero-order valence-electron chi connectivity index (χ0n) is 18.3. The maximum atomic E-state index is 12.8. The number of urea groups is 1. The number of carbonyl (C=O) groups excluding carboxylic acids is 1. The maximum absolute atomic E-state index is 12.8. The van der Waals surface area contributed by atoms with E-state index in [2.05, 4.69) is 20.6 Å². The van der Waals surface area contributed by atoms with Crippen LogP contribution in [-0.4, -0.2) is 33.7 Å². The largest absolute Gasteiger partial charge is 0.480 e. The van der Waals surface area contributed by atoms with E-state index in [1.54, 1.807) is 18.3 Å². The SMILES string of the molecule is O=C(O)COC1(c2ncc(-c3ccc(NC(=O)Nc4cccc(C(F)(F)F)c4)nc3)s2)CCCC1. The number of pyridine rings is 1. The molecule has 1 aromatic carbocycles. The summed E-state index contributed by atoms with van der Waals surface area (Å²) in [5, 5.41) is 14.6. The Hall–Kier alpha value is -3.51. The molecule has 0 atom stereocenters. The summed E-state index contributed by atoms with van der Waals surface area (Å²) < 4.78 is 44.3. The van der Waals surface area contributed by atoms with Crippen molar-refractivity contribution in [1.29, 1.82) is 0 Å². The number of nitrogens with one attached hydrogen (secondary N) is 2. The van der Waals surface area contributed by atoms with Crippen LogP contribution in [0.15, 0.2) is 48.8 Å². The van der Waals surface area contributed by atoms with Crippen LogP contribution in [0.4, 0.5) is 29.5 Å². The van der Waals surface area contributed by atoms with Crippen molar-refractivity contribution in [3.8, 4) is 10.4 Å². The molecule has 0 unspecified atom stereocenters. The number of ether oxygens (including phenoxy) is 1. The third-order valence-electron chi connectivity index (χ3n) is 5.52. The number of carbonyl (C=O) groups is 2. The van der Waals surface area contributed by atoms with Crippen LogP contribution < -0.4 is 10.6 Å². The molecule has 3 N–H and O–H groups in total. The first-order chi connectivity index (χ1) is 16.6. The van der Waals surface area contributed by atoms with E-state index in [1.807, 2.05) is 0 Å². The van der Waals surface area contributed by atoms with Gasteiger partial charge in [-0.1, -0.05) is 18.9 Å². The minimum Gasteiger partial charge on any atom is -0.480 e. The van der Waals surface area contributed by atoms with Crippen LogP contribution in [0.5, 0.6) is 0 Å².